The normalized spacial score (nSPS) is 14.6. The van der Waals surface area contributed by atoms with Gasteiger partial charge in [-0.1, -0.05) is 66.5 Å². The van der Waals surface area contributed by atoms with E-state index in [1.165, 1.54) is 28.5 Å². The molecule has 5 heterocycles. The Bertz CT molecular complexity index is 2440. The molecule has 0 atom stereocenters. The number of thiazole rings is 2. The zero-order valence-corrected chi connectivity index (χ0v) is 34.3. The number of benzene rings is 3. The van der Waals surface area contributed by atoms with Crippen molar-refractivity contribution < 1.29 is 19.0 Å². The van der Waals surface area contributed by atoms with E-state index in [0.29, 0.717) is 53.1 Å². The van der Waals surface area contributed by atoms with Gasteiger partial charge in [0.1, 0.15) is 0 Å². The summed E-state index contributed by atoms with van der Waals surface area (Å²) in [6, 6.07) is 21.6. The Balaban J connectivity index is 0.830. The highest BCUT2D eigenvalue weighted by atomic mass is 32.1. The second-order valence-corrected chi connectivity index (χ2v) is 16.6. The number of carboxylic acid groups (broad SMARTS) is 1. The van der Waals surface area contributed by atoms with Crippen molar-refractivity contribution in [2.45, 2.75) is 52.5 Å². The lowest BCUT2D eigenvalue weighted by molar-refractivity contribution is 0.0690. The van der Waals surface area contributed by atoms with Crippen LogP contribution in [0.1, 0.15) is 62.9 Å². The van der Waals surface area contributed by atoms with Gasteiger partial charge in [0.05, 0.1) is 23.4 Å². The number of aryl methyl sites for hydroxylation is 2. The van der Waals surface area contributed by atoms with Gasteiger partial charge in [-0.3, -0.25) is 9.80 Å². The van der Waals surface area contributed by atoms with Crippen LogP contribution in [0.15, 0.2) is 66.7 Å². The van der Waals surface area contributed by atoms with Gasteiger partial charge in [-0.15, -0.1) is 21.5 Å². The van der Waals surface area contributed by atoms with Crippen LogP contribution in [0, 0.1) is 24.6 Å². The molecule has 1 fully saturated rings. The van der Waals surface area contributed by atoms with Gasteiger partial charge < -0.3 is 20.1 Å². The number of anilines is 4. The van der Waals surface area contributed by atoms with Gasteiger partial charge in [-0.2, -0.15) is 0 Å². The molecule has 0 radical (unpaired) electrons. The number of piperazine rings is 1. The molecule has 0 saturated carbocycles. The minimum absolute atomic E-state index is 0.0135. The van der Waals surface area contributed by atoms with E-state index in [2.05, 4.69) is 78.3 Å². The highest BCUT2D eigenvalue weighted by molar-refractivity contribution is 7.22. The lowest BCUT2D eigenvalue weighted by Gasteiger charge is -2.33. The number of hydrogen-bond acceptors (Lipinski definition) is 12. The van der Waals surface area contributed by atoms with E-state index < -0.39 is 11.8 Å². The first-order valence-electron chi connectivity index (χ1n) is 19.7. The van der Waals surface area contributed by atoms with E-state index in [9.17, 15) is 9.90 Å². The molecule has 3 aromatic carbocycles. The average Bonchev–Trinajstić information content (AvgIpc) is 3.86. The highest BCUT2D eigenvalue weighted by Crippen LogP contribution is 2.39. The van der Waals surface area contributed by atoms with Crippen LogP contribution in [-0.4, -0.2) is 86.9 Å². The lowest BCUT2D eigenvalue weighted by atomic mass is 10.0. The first-order valence-corrected chi connectivity index (χ1v) is 21.4. The Morgan fingerprint density at radius 1 is 0.966 bits per heavy atom. The van der Waals surface area contributed by atoms with Crippen LogP contribution in [-0.2, 0) is 25.8 Å². The summed E-state index contributed by atoms with van der Waals surface area (Å²) in [5, 5.41) is 23.8. The molecule has 14 heteroatoms. The number of halogens is 1. The van der Waals surface area contributed by atoms with E-state index in [-0.39, 0.29) is 18.1 Å². The maximum atomic E-state index is 15.0. The van der Waals surface area contributed by atoms with Crippen molar-refractivity contribution in [3.05, 3.63) is 111 Å². The molecule has 2 aliphatic rings. The zero-order valence-electron chi connectivity index (χ0n) is 32.6. The fourth-order valence-electron chi connectivity index (χ4n) is 7.31. The van der Waals surface area contributed by atoms with Crippen molar-refractivity contribution in [1.82, 2.24) is 30.0 Å². The third kappa shape index (κ3) is 9.13. The molecule has 298 valence electrons. The zero-order chi connectivity index (χ0) is 40.0. The number of aromatic carboxylic acids is 1. The SMILES string of the molecule is CCc1ccc(CN2CCN(CC#Cc3ccc(OCCCc4sc(N5CCCc6c5nnc(Nc5nc7ccccc7s5)c6C)nc4C(=O)O)c(F)c3)CC2)cc1. The smallest absolute Gasteiger partial charge is 0.355 e. The number of rotatable bonds is 13. The molecule has 0 unspecified atom stereocenters. The number of fused-ring (bicyclic) bond motifs is 2. The molecule has 1 saturated heterocycles. The van der Waals surface area contributed by atoms with Gasteiger partial charge in [0.15, 0.2) is 39.2 Å². The molecule has 11 nitrogen and oxygen atoms in total. The molecule has 0 amide bonds. The van der Waals surface area contributed by atoms with Crippen molar-refractivity contribution in [2.75, 3.05) is 56.1 Å². The molecule has 0 spiro atoms. The number of nitrogens with zero attached hydrogens (tertiary/aromatic N) is 7. The third-order valence-corrected chi connectivity index (χ3v) is 12.7. The van der Waals surface area contributed by atoms with Crippen LogP contribution in [0.2, 0.25) is 0 Å². The van der Waals surface area contributed by atoms with Crippen molar-refractivity contribution in [2.24, 2.45) is 0 Å². The van der Waals surface area contributed by atoms with Crippen LogP contribution in [0.25, 0.3) is 10.2 Å². The third-order valence-electron chi connectivity index (χ3n) is 10.6. The van der Waals surface area contributed by atoms with E-state index in [4.69, 9.17) is 4.74 Å². The van der Waals surface area contributed by atoms with Gasteiger partial charge in [0.2, 0.25) is 0 Å². The first-order chi connectivity index (χ1) is 28.3. The number of para-hydroxylation sites is 1. The number of ether oxygens (including phenoxy) is 1. The number of carbonyl (C=O) groups is 1. The van der Waals surface area contributed by atoms with Gasteiger partial charge in [0.25, 0.3) is 0 Å². The second-order valence-electron chi connectivity index (χ2n) is 14.5. The number of carboxylic acids is 1. The van der Waals surface area contributed by atoms with Crippen LogP contribution in [0.5, 0.6) is 5.75 Å². The van der Waals surface area contributed by atoms with Crippen molar-refractivity contribution in [3.8, 4) is 17.6 Å². The van der Waals surface area contributed by atoms with Crippen LogP contribution in [0.3, 0.4) is 0 Å². The molecule has 6 aromatic rings. The quantitative estimate of drug-likeness (QED) is 0.0867. The fraction of sp³-hybridized carbons (Fsp3) is 0.341. The second kappa shape index (κ2) is 18.0. The van der Waals surface area contributed by atoms with Gasteiger partial charge in [-0.05, 0) is 80.5 Å². The summed E-state index contributed by atoms with van der Waals surface area (Å²) in [6.45, 7) is 10.5. The fourth-order valence-corrected chi connectivity index (χ4v) is 9.30. The highest BCUT2D eigenvalue weighted by Gasteiger charge is 2.28. The van der Waals surface area contributed by atoms with Crippen LogP contribution < -0.4 is 15.0 Å². The van der Waals surface area contributed by atoms with Gasteiger partial charge in [-0.25, -0.2) is 19.2 Å². The van der Waals surface area contributed by atoms with E-state index >= 15 is 4.39 Å². The van der Waals surface area contributed by atoms with E-state index in [1.54, 1.807) is 23.5 Å². The first kappa shape index (κ1) is 39.4. The summed E-state index contributed by atoms with van der Waals surface area (Å²) in [5.41, 5.74) is 6.27. The molecular weight excluding hydrogens is 772 g/mol. The predicted molar refractivity (Wildman–Crippen MR) is 229 cm³/mol. The molecule has 0 aliphatic carbocycles. The minimum Gasteiger partial charge on any atom is -0.491 e. The Hall–Kier alpha value is -5.46. The van der Waals surface area contributed by atoms with Crippen LogP contribution >= 0.6 is 22.7 Å². The van der Waals surface area contributed by atoms with Crippen molar-refractivity contribution in [3.63, 3.8) is 0 Å². The predicted octanol–water partition coefficient (Wildman–Crippen LogP) is 8.26. The van der Waals surface area contributed by atoms with E-state index in [1.807, 2.05) is 36.1 Å². The molecule has 8 rings (SSSR count). The number of nitrogens with one attached hydrogen (secondary N) is 1. The van der Waals surface area contributed by atoms with Gasteiger partial charge in [0, 0.05) is 60.8 Å². The Morgan fingerprint density at radius 3 is 2.53 bits per heavy atom. The number of hydrogen-bond donors (Lipinski definition) is 2. The molecule has 2 N–H and O–H groups in total. The molecule has 2 aliphatic heterocycles. The number of aromatic nitrogens is 4. The maximum Gasteiger partial charge on any atom is 0.355 e. The minimum atomic E-state index is -1.09. The van der Waals surface area contributed by atoms with Crippen molar-refractivity contribution >= 4 is 60.8 Å². The molecule has 0 bridgehead atoms. The summed E-state index contributed by atoms with van der Waals surface area (Å²) >= 11 is 2.89. The lowest BCUT2D eigenvalue weighted by Crippen LogP contribution is -2.45. The topological polar surface area (TPSA) is 120 Å². The largest absolute Gasteiger partial charge is 0.491 e. The summed E-state index contributed by atoms with van der Waals surface area (Å²) in [5.74, 6) is 6.23. The van der Waals surface area contributed by atoms with Crippen LogP contribution in [0.4, 0.5) is 26.3 Å². The Labute approximate surface area is 345 Å². The van der Waals surface area contributed by atoms with Gasteiger partial charge >= 0.3 is 5.97 Å². The summed E-state index contributed by atoms with van der Waals surface area (Å²) in [6.07, 6.45) is 3.63. The molecular formula is C44H45FN8O3S2. The Kier molecular flexibility index (Phi) is 12.2. The van der Waals surface area contributed by atoms with Crippen molar-refractivity contribution in [1.29, 1.82) is 0 Å². The average molecular weight is 817 g/mol. The summed E-state index contributed by atoms with van der Waals surface area (Å²) in [7, 11) is 0. The Morgan fingerprint density at radius 2 is 1.76 bits per heavy atom. The summed E-state index contributed by atoms with van der Waals surface area (Å²) < 4.78 is 21.9. The summed E-state index contributed by atoms with van der Waals surface area (Å²) in [4.78, 5) is 28.9. The molecule has 3 aromatic heterocycles. The molecule has 58 heavy (non-hydrogen) atoms. The van der Waals surface area contributed by atoms with E-state index in [0.717, 1.165) is 78.5 Å². The standard InChI is InChI=1S/C44H45FN8O3S2/c1-3-30-14-16-32(17-15-30)28-52-24-22-51(23-25-52)20-6-9-31-18-19-36(34(45)27-31)56-26-8-13-38-39(42(54)55)47-44(58-38)53-21-7-10-33-29(2)40(49-50-41(33)53)48-43-46-35-11-4-5-12-37(35)57-43/h4-5,11-12,14-19,27H,3,7-8,10,13,20-26,28H2,1-2H3,(H,54,55)(H,46,48,49). The monoisotopic (exact) mass is 816 g/mol. The maximum absolute atomic E-state index is 15.0.